The monoisotopic (exact) mass is 671 g/mol. The molecule has 49 heavy (non-hydrogen) atoms. The average Bonchev–Trinajstić information content (AvgIpc) is 3.63. The second-order valence-electron chi connectivity index (χ2n) is 12.6. The first kappa shape index (κ1) is 35.7. The molecule has 0 unspecified atom stereocenters. The van der Waals surface area contributed by atoms with Gasteiger partial charge in [0.1, 0.15) is 11.8 Å². The van der Waals surface area contributed by atoms with Crippen LogP contribution in [0.25, 0.3) is 6.08 Å². The molecule has 1 aliphatic rings. The van der Waals surface area contributed by atoms with Gasteiger partial charge in [-0.2, -0.15) is 13.2 Å². The normalized spacial score (nSPS) is 14.7. The van der Waals surface area contributed by atoms with Crippen molar-refractivity contribution in [2.45, 2.75) is 64.3 Å². The van der Waals surface area contributed by atoms with Crippen molar-refractivity contribution in [3.05, 3.63) is 137 Å². The number of benzene rings is 3. The highest BCUT2D eigenvalue weighted by atomic mass is 19.4. The first-order chi connectivity index (χ1) is 23.7. The van der Waals surface area contributed by atoms with Crippen molar-refractivity contribution in [3.63, 3.8) is 0 Å². The summed E-state index contributed by atoms with van der Waals surface area (Å²) in [5.74, 6) is 0.348. The fourth-order valence-electron chi connectivity index (χ4n) is 6.10. The van der Waals surface area contributed by atoms with Crippen LogP contribution in [-0.2, 0) is 41.7 Å². The van der Waals surface area contributed by atoms with Gasteiger partial charge in [0.15, 0.2) is 0 Å². The van der Waals surface area contributed by atoms with E-state index in [0.717, 1.165) is 54.7 Å². The van der Waals surface area contributed by atoms with E-state index in [2.05, 4.69) is 24.0 Å². The molecule has 0 aliphatic carbocycles. The summed E-state index contributed by atoms with van der Waals surface area (Å²) in [4.78, 5) is 34.2. The number of carbonyl (C=O) groups excluding carboxylic acids is 2. The lowest BCUT2D eigenvalue weighted by molar-refractivity contribution is -0.145. The molecule has 1 aromatic heterocycles. The molecule has 6 nitrogen and oxygen atoms in total. The van der Waals surface area contributed by atoms with Gasteiger partial charge in [0.05, 0.1) is 18.4 Å². The molecule has 258 valence electrons. The summed E-state index contributed by atoms with van der Waals surface area (Å²) in [5, 5.41) is 0. The van der Waals surface area contributed by atoms with Gasteiger partial charge in [-0.25, -0.2) is 0 Å². The van der Waals surface area contributed by atoms with Crippen LogP contribution in [0.1, 0.15) is 59.8 Å². The van der Waals surface area contributed by atoms with Gasteiger partial charge in [-0.15, -0.1) is 0 Å². The Hall–Kier alpha value is -4.63. The molecule has 1 fully saturated rings. The topological polar surface area (TPSA) is 57.0 Å². The molecule has 3 aromatic carbocycles. The van der Waals surface area contributed by atoms with Crippen LogP contribution < -0.4 is 0 Å². The standard InChI is InChI=1S/C40H44F3N3O3/c1-2-3-5-9-31-13-15-34(16-14-31)29-46(38(47)22-19-32-17-20-35(21-18-32)40(41,42)43)37(28-33-10-6-4-7-11-33)39(48)45-25-23-44(24-26-45)30-36-12-8-27-49-36/h4,6-8,10-22,27,37H,2-3,5,9,23-26,28-30H2,1H3/b22-19+/t37-/m0/s1. The number of piperazine rings is 1. The van der Waals surface area contributed by atoms with Crippen LogP contribution in [0.2, 0.25) is 0 Å². The Morgan fingerprint density at radius 1 is 0.837 bits per heavy atom. The maximum atomic E-state index is 14.4. The predicted molar refractivity (Wildman–Crippen MR) is 185 cm³/mol. The quantitative estimate of drug-likeness (QED) is 0.101. The molecule has 2 amide bonds. The van der Waals surface area contributed by atoms with Crippen LogP contribution in [-0.4, -0.2) is 58.7 Å². The van der Waals surface area contributed by atoms with E-state index in [0.29, 0.717) is 44.7 Å². The van der Waals surface area contributed by atoms with Crippen molar-refractivity contribution < 1.29 is 27.2 Å². The van der Waals surface area contributed by atoms with Gasteiger partial charge >= 0.3 is 6.18 Å². The molecule has 0 spiro atoms. The minimum absolute atomic E-state index is 0.131. The molecule has 0 bridgehead atoms. The third-order valence-corrected chi connectivity index (χ3v) is 8.96. The number of carbonyl (C=O) groups is 2. The summed E-state index contributed by atoms with van der Waals surface area (Å²) in [5.41, 5.74) is 2.74. The number of furan rings is 1. The van der Waals surface area contributed by atoms with Gasteiger partial charge < -0.3 is 14.2 Å². The van der Waals surface area contributed by atoms with Crippen LogP contribution >= 0.6 is 0 Å². The minimum Gasteiger partial charge on any atom is -0.468 e. The number of alkyl halides is 3. The Kier molecular flexibility index (Phi) is 12.5. The number of amides is 2. The van der Waals surface area contributed by atoms with Crippen LogP contribution in [0.4, 0.5) is 13.2 Å². The third kappa shape index (κ3) is 10.4. The van der Waals surface area contributed by atoms with Crippen molar-refractivity contribution in [3.8, 4) is 0 Å². The summed E-state index contributed by atoms with van der Waals surface area (Å²) < 4.78 is 44.9. The Labute approximate surface area is 286 Å². The summed E-state index contributed by atoms with van der Waals surface area (Å²) in [7, 11) is 0. The van der Waals surface area contributed by atoms with Crippen LogP contribution in [0.5, 0.6) is 0 Å². The number of nitrogens with zero attached hydrogens (tertiary/aromatic N) is 3. The molecule has 0 radical (unpaired) electrons. The van der Waals surface area contributed by atoms with E-state index in [1.54, 1.807) is 11.2 Å². The Bertz CT molecular complexity index is 1630. The highest BCUT2D eigenvalue weighted by molar-refractivity contribution is 5.95. The van der Waals surface area contributed by atoms with Crippen molar-refractivity contribution >= 4 is 17.9 Å². The highest BCUT2D eigenvalue weighted by Crippen LogP contribution is 2.29. The second-order valence-corrected chi connectivity index (χ2v) is 12.6. The Morgan fingerprint density at radius 3 is 2.16 bits per heavy atom. The van der Waals surface area contributed by atoms with E-state index in [-0.39, 0.29) is 12.5 Å². The number of hydrogen-bond acceptors (Lipinski definition) is 4. The predicted octanol–water partition coefficient (Wildman–Crippen LogP) is 8.03. The molecular weight excluding hydrogens is 627 g/mol. The molecule has 4 aromatic rings. The molecule has 1 aliphatic heterocycles. The average molecular weight is 672 g/mol. The number of rotatable bonds is 14. The van der Waals surface area contributed by atoms with Gasteiger partial charge in [-0.3, -0.25) is 14.5 Å². The molecule has 0 N–H and O–H groups in total. The molecule has 5 rings (SSSR count). The van der Waals surface area contributed by atoms with E-state index in [1.165, 1.54) is 29.8 Å². The molecule has 2 heterocycles. The summed E-state index contributed by atoms with van der Waals surface area (Å²) in [6, 6.07) is 25.5. The van der Waals surface area contributed by atoms with Gasteiger partial charge in [-0.1, -0.05) is 86.5 Å². The van der Waals surface area contributed by atoms with E-state index < -0.39 is 23.7 Å². The zero-order chi connectivity index (χ0) is 34.6. The minimum atomic E-state index is -4.45. The van der Waals surface area contributed by atoms with Crippen molar-refractivity contribution in [2.75, 3.05) is 26.2 Å². The lowest BCUT2D eigenvalue weighted by Gasteiger charge is -2.39. The fourth-order valence-corrected chi connectivity index (χ4v) is 6.10. The SMILES string of the molecule is CCCCCc1ccc(CN(C(=O)/C=C/c2ccc(C(F)(F)F)cc2)[C@@H](Cc2ccccc2)C(=O)N2CCN(Cc3ccco3)CC2)cc1. The smallest absolute Gasteiger partial charge is 0.416 e. The second kappa shape index (κ2) is 17.2. The molecular formula is C40H44F3N3O3. The van der Waals surface area contributed by atoms with Crippen LogP contribution in [0.3, 0.4) is 0 Å². The number of hydrogen-bond donors (Lipinski definition) is 0. The Morgan fingerprint density at radius 2 is 1.53 bits per heavy atom. The molecule has 0 saturated carbocycles. The van der Waals surface area contributed by atoms with Gasteiger partial charge in [-0.05, 0) is 65.4 Å². The fraction of sp³-hybridized carbons (Fsp3) is 0.350. The number of halogens is 3. The Balaban J connectivity index is 1.40. The number of unbranched alkanes of at least 4 members (excludes halogenated alkanes) is 2. The van der Waals surface area contributed by atoms with Crippen molar-refractivity contribution in [1.29, 1.82) is 0 Å². The molecule has 1 atom stereocenters. The first-order valence-electron chi connectivity index (χ1n) is 17.0. The largest absolute Gasteiger partial charge is 0.468 e. The molecule has 9 heteroatoms. The third-order valence-electron chi connectivity index (χ3n) is 8.96. The van der Waals surface area contributed by atoms with Gasteiger partial charge in [0, 0.05) is 45.2 Å². The van der Waals surface area contributed by atoms with Crippen LogP contribution in [0, 0.1) is 0 Å². The lowest BCUT2D eigenvalue weighted by Crippen LogP contribution is -2.56. The summed E-state index contributed by atoms with van der Waals surface area (Å²) in [6.07, 6.45) is 4.78. The first-order valence-corrected chi connectivity index (χ1v) is 17.0. The summed E-state index contributed by atoms with van der Waals surface area (Å²) in [6.45, 7) is 5.41. The number of aryl methyl sites for hydroxylation is 1. The zero-order valence-corrected chi connectivity index (χ0v) is 27.9. The van der Waals surface area contributed by atoms with Crippen molar-refractivity contribution in [2.24, 2.45) is 0 Å². The van der Waals surface area contributed by atoms with Gasteiger partial charge in [0.2, 0.25) is 11.8 Å². The highest BCUT2D eigenvalue weighted by Gasteiger charge is 2.34. The van der Waals surface area contributed by atoms with E-state index >= 15 is 0 Å². The van der Waals surface area contributed by atoms with Crippen molar-refractivity contribution in [1.82, 2.24) is 14.7 Å². The zero-order valence-electron chi connectivity index (χ0n) is 27.9. The maximum Gasteiger partial charge on any atom is 0.416 e. The van der Waals surface area contributed by atoms with E-state index in [1.807, 2.05) is 59.5 Å². The van der Waals surface area contributed by atoms with E-state index in [9.17, 15) is 22.8 Å². The van der Waals surface area contributed by atoms with E-state index in [4.69, 9.17) is 4.42 Å². The molecule has 1 saturated heterocycles. The lowest BCUT2D eigenvalue weighted by atomic mass is 10.0. The summed E-state index contributed by atoms with van der Waals surface area (Å²) >= 11 is 0. The maximum absolute atomic E-state index is 14.4. The van der Waals surface area contributed by atoms with Gasteiger partial charge in [0.25, 0.3) is 0 Å². The van der Waals surface area contributed by atoms with Crippen LogP contribution in [0.15, 0.2) is 108 Å².